The van der Waals surface area contributed by atoms with Gasteiger partial charge in [0.1, 0.15) is 0 Å². The van der Waals surface area contributed by atoms with Gasteiger partial charge in [-0.15, -0.1) is 12.4 Å². The summed E-state index contributed by atoms with van der Waals surface area (Å²) in [6.07, 6.45) is 2.58. The molecule has 0 radical (unpaired) electrons. The van der Waals surface area contributed by atoms with E-state index in [1.54, 1.807) is 24.3 Å². The Kier molecular flexibility index (Phi) is 7.89. The van der Waals surface area contributed by atoms with Crippen molar-refractivity contribution in [1.82, 2.24) is 5.32 Å². The fraction of sp³-hybridized carbons (Fsp3) is 0.381. The number of halogens is 4. The summed E-state index contributed by atoms with van der Waals surface area (Å²) in [6.45, 7) is 4.00. The second kappa shape index (κ2) is 9.94. The summed E-state index contributed by atoms with van der Waals surface area (Å²) < 4.78 is 40.4. The standard InChI is InChI=1S/C21H23F3N2O.ClH/c1-13(14-5-4-8-25-12-14)9-20(27)26-19-7-3-2-6-16(19)15-10-17(22)21(24)18(23)11-15;/h2-3,6-7,10-11,13-14,25H,4-5,8-9,12H2,1H3,(H,26,27);1H. The second-order valence-electron chi connectivity index (χ2n) is 7.14. The number of benzene rings is 2. The molecule has 1 aliphatic heterocycles. The highest BCUT2D eigenvalue weighted by molar-refractivity contribution is 5.95. The van der Waals surface area contributed by atoms with Crippen molar-refractivity contribution in [3.63, 3.8) is 0 Å². The van der Waals surface area contributed by atoms with Crippen LogP contribution in [0.2, 0.25) is 0 Å². The van der Waals surface area contributed by atoms with Crippen molar-refractivity contribution < 1.29 is 18.0 Å². The molecule has 1 amide bonds. The van der Waals surface area contributed by atoms with Crippen molar-refractivity contribution in [2.75, 3.05) is 18.4 Å². The average molecular weight is 413 g/mol. The number of hydrogen-bond acceptors (Lipinski definition) is 2. The molecule has 2 N–H and O–H groups in total. The number of amides is 1. The van der Waals surface area contributed by atoms with Crippen molar-refractivity contribution in [1.29, 1.82) is 0 Å². The van der Waals surface area contributed by atoms with Gasteiger partial charge in [-0.1, -0.05) is 25.1 Å². The van der Waals surface area contributed by atoms with E-state index in [4.69, 9.17) is 0 Å². The van der Waals surface area contributed by atoms with Crippen LogP contribution in [0.4, 0.5) is 18.9 Å². The smallest absolute Gasteiger partial charge is 0.224 e. The molecule has 7 heteroatoms. The van der Waals surface area contributed by atoms with Gasteiger partial charge in [0.25, 0.3) is 0 Å². The molecule has 0 aliphatic carbocycles. The molecule has 0 aromatic heterocycles. The lowest BCUT2D eigenvalue weighted by Gasteiger charge is -2.28. The third-order valence-electron chi connectivity index (χ3n) is 5.14. The number of hydrogen-bond donors (Lipinski definition) is 2. The van der Waals surface area contributed by atoms with Gasteiger partial charge in [0, 0.05) is 17.7 Å². The number of para-hydroxylation sites is 1. The molecule has 1 aliphatic rings. The molecule has 1 saturated heterocycles. The van der Waals surface area contributed by atoms with Crippen molar-refractivity contribution in [2.24, 2.45) is 11.8 Å². The number of anilines is 1. The maximum Gasteiger partial charge on any atom is 0.224 e. The van der Waals surface area contributed by atoms with Crippen LogP contribution < -0.4 is 10.6 Å². The predicted molar refractivity (Wildman–Crippen MR) is 107 cm³/mol. The molecule has 2 aromatic carbocycles. The third kappa shape index (κ3) is 5.26. The van der Waals surface area contributed by atoms with Gasteiger partial charge in [-0.05, 0) is 61.5 Å². The highest BCUT2D eigenvalue weighted by Gasteiger charge is 2.22. The first-order valence-electron chi connectivity index (χ1n) is 9.20. The lowest BCUT2D eigenvalue weighted by atomic mass is 9.85. The van der Waals surface area contributed by atoms with Crippen molar-refractivity contribution >= 4 is 24.0 Å². The van der Waals surface area contributed by atoms with E-state index in [0.717, 1.165) is 38.1 Å². The minimum atomic E-state index is -1.50. The number of rotatable bonds is 5. The van der Waals surface area contributed by atoms with E-state index in [-0.39, 0.29) is 29.8 Å². The fourth-order valence-electron chi connectivity index (χ4n) is 3.58. The summed E-state index contributed by atoms with van der Waals surface area (Å²) in [5.41, 5.74) is 1.06. The minimum Gasteiger partial charge on any atom is -0.326 e. The monoisotopic (exact) mass is 412 g/mol. The Hall–Kier alpha value is -2.05. The topological polar surface area (TPSA) is 41.1 Å². The first kappa shape index (κ1) is 22.2. The van der Waals surface area contributed by atoms with E-state index >= 15 is 0 Å². The van der Waals surface area contributed by atoms with Gasteiger partial charge in [-0.25, -0.2) is 13.2 Å². The zero-order valence-corrected chi connectivity index (χ0v) is 16.4. The summed E-state index contributed by atoms with van der Waals surface area (Å²) in [5, 5.41) is 6.19. The molecule has 3 nitrogen and oxygen atoms in total. The normalized spacial score (nSPS) is 17.5. The van der Waals surface area contributed by atoms with E-state index in [1.807, 2.05) is 0 Å². The fourth-order valence-corrected chi connectivity index (χ4v) is 3.58. The Morgan fingerprint density at radius 3 is 2.54 bits per heavy atom. The molecule has 1 fully saturated rings. The number of piperidine rings is 1. The number of carbonyl (C=O) groups excluding carboxylic acids is 1. The van der Waals surface area contributed by atoms with Crippen LogP contribution in [0.1, 0.15) is 26.2 Å². The van der Waals surface area contributed by atoms with Crippen LogP contribution >= 0.6 is 12.4 Å². The average Bonchev–Trinajstić information content (AvgIpc) is 2.66. The molecule has 28 heavy (non-hydrogen) atoms. The maximum absolute atomic E-state index is 13.6. The quantitative estimate of drug-likeness (QED) is 0.666. The van der Waals surface area contributed by atoms with Crippen LogP contribution in [0.25, 0.3) is 11.1 Å². The second-order valence-corrected chi connectivity index (χ2v) is 7.14. The van der Waals surface area contributed by atoms with E-state index in [0.29, 0.717) is 23.6 Å². The maximum atomic E-state index is 13.6. The van der Waals surface area contributed by atoms with E-state index in [2.05, 4.69) is 17.6 Å². The zero-order valence-electron chi connectivity index (χ0n) is 15.6. The molecular formula is C21H24ClF3N2O. The Morgan fingerprint density at radius 2 is 1.89 bits per heavy atom. The lowest BCUT2D eigenvalue weighted by Crippen LogP contribution is -2.34. The predicted octanol–water partition coefficient (Wildman–Crippen LogP) is 5.16. The summed E-state index contributed by atoms with van der Waals surface area (Å²) >= 11 is 0. The van der Waals surface area contributed by atoms with Gasteiger partial charge >= 0.3 is 0 Å². The van der Waals surface area contributed by atoms with Crippen molar-refractivity contribution in [3.05, 3.63) is 53.8 Å². The largest absolute Gasteiger partial charge is 0.326 e. The summed E-state index contributed by atoms with van der Waals surface area (Å²) in [4.78, 5) is 12.5. The Balaban J connectivity index is 0.00000280. The van der Waals surface area contributed by atoms with Gasteiger partial charge in [0.15, 0.2) is 17.5 Å². The summed E-state index contributed by atoms with van der Waals surface area (Å²) in [5.74, 6) is -3.49. The molecule has 0 saturated carbocycles. The molecule has 2 unspecified atom stereocenters. The highest BCUT2D eigenvalue weighted by atomic mass is 35.5. The molecule has 0 bridgehead atoms. The highest BCUT2D eigenvalue weighted by Crippen LogP contribution is 2.31. The van der Waals surface area contributed by atoms with Crippen LogP contribution in [0.15, 0.2) is 36.4 Å². The van der Waals surface area contributed by atoms with Gasteiger partial charge in [0.2, 0.25) is 5.91 Å². The van der Waals surface area contributed by atoms with Gasteiger partial charge in [-0.2, -0.15) is 0 Å². The van der Waals surface area contributed by atoms with E-state index in [9.17, 15) is 18.0 Å². The molecule has 1 heterocycles. The van der Waals surface area contributed by atoms with Crippen LogP contribution in [-0.2, 0) is 4.79 Å². The SMILES string of the molecule is CC(CC(=O)Nc1ccccc1-c1cc(F)c(F)c(F)c1)C1CCCNC1.Cl. The molecule has 2 atom stereocenters. The summed E-state index contributed by atoms with van der Waals surface area (Å²) in [7, 11) is 0. The van der Waals surface area contributed by atoms with Crippen molar-refractivity contribution in [3.8, 4) is 11.1 Å². The van der Waals surface area contributed by atoms with Gasteiger partial charge in [0.05, 0.1) is 0 Å². The molecule has 2 aromatic rings. The molecular weight excluding hydrogens is 389 g/mol. The van der Waals surface area contributed by atoms with Crippen LogP contribution in [-0.4, -0.2) is 19.0 Å². The number of carbonyl (C=O) groups is 1. The molecule has 0 spiro atoms. The lowest BCUT2D eigenvalue weighted by molar-refractivity contribution is -0.117. The van der Waals surface area contributed by atoms with Gasteiger partial charge in [-0.3, -0.25) is 4.79 Å². The Labute approximate surface area is 169 Å². The first-order valence-corrected chi connectivity index (χ1v) is 9.20. The molecule has 3 rings (SSSR count). The Bertz CT molecular complexity index is 802. The van der Waals surface area contributed by atoms with E-state index < -0.39 is 17.5 Å². The zero-order chi connectivity index (χ0) is 19.4. The van der Waals surface area contributed by atoms with Gasteiger partial charge < -0.3 is 10.6 Å². The van der Waals surface area contributed by atoms with Crippen LogP contribution in [0.3, 0.4) is 0 Å². The Morgan fingerprint density at radius 1 is 1.21 bits per heavy atom. The van der Waals surface area contributed by atoms with Crippen LogP contribution in [0.5, 0.6) is 0 Å². The molecule has 152 valence electrons. The third-order valence-corrected chi connectivity index (χ3v) is 5.14. The first-order chi connectivity index (χ1) is 13.0. The van der Waals surface area contributed by atoms with Crippen LogP contribution in [0, 0.1) is 29.3 Å². The number of nitrogens with one attached hydrogen (secondary N) is 2. The van der Waals surface area contributed by atoms with E-state index in [1.165, 1.54) is 0 Å². The summed E-state index contributed by atoms with van der Waals surface area (Å²) in [6, 6.07) is 8.58. The van der Waals surface area contributed by atoms with Crippen molar-refractivity contribution in [2.45, 2.75) is 26.2 Å². The minimum absolute atomic E-state index is 0.